The summed E-state index contributed by atoms with van der Waals surface area (Å²) in [6.45, 7) is 4.23. The van der Waals surface area contributed by atoms with Gasteiger partial charge in [0.15, 0.2) is 0 Å². The Morgan fingerprint density at radius 1 is 1.15 bits per heavy atom. The third kappa shape index (κ3) is 4.60. The van der Waals surface area contributed by atoms with Gasteiger partial charge < -0.3 is 19.8 Å². The van der Waals surface area contributed by atoms with Gasteiger partial charge in [0, 0.05) is 0 Å². The van der Waals surface area contributed by atoms with E-state index < -0.39 is 0 Å². The average molecular weight is 352 g/mol. The van der Waals surface area contributed by atoms with E-state index in [1.165, 1.54) is 12.4 Å². The maximum absolute atomic E-state index is 12.1. The highest BCUT2D eigenvalue weighted by Crippen LogP contribution is 2.27. The second-order valence-corrected chi connectivity index (χ2v) is 5.84. The highest BCUT2D eigenvalue weighted by molar-refractivity contribution is 5.91. The van der Waals surface area contributed by atoms with Crippen LogP contribution in [-0.2, 0) is 6.54 Å². The van der Waals surface area contributed by atoms with Crippen molar-refractivity contribution in [3.8, 4) is 5.75 Å². The summed E-state index contributed by atoms with van der Waals surface area (Å²) in [6.07, 6.45) is 4.55. The predicted molar refractivity (Wildman–Crippen MR) is 97.4 cm³/mol. The molecule has 2 aromatic heterocycles. The molecule has 0 fully saturated rings. The van der Waals surface area contributed by atoms with Gasteiger partial charge in [-0.05, 0) is 38.1 Å². The molecule has 7 nitrogen and oxygen atoms in total. The van der Waals surface area contributed by atoms with Crippen molar-refractivity contribution in [2.45, 2.75) is 26.5 Å². The third-order valence-corrected chi connectivity index (χ3v) is 3.40. The highest BCUT2D eigenvalue weighted by atomic mass is 16.5. The first-order valence-electron chi connectivity index (χ1n) is 8.27. The molecule has 134 valence electrons. The zero-order chi connectivity index (χ0) is 18.4. The Bertz CT molecular complexity index is 845. The van der Waals surface area contributed by atoms with Gasteiger partial charge in [-0.3, -0.25) is 4.79 Å². The standard InChI is InChI=1S/C19H20N4O3/c1-13(2)26-17-8-4-3-7-15(17)23-18-12-20-16(11-21-18)19(24)22-10-14-6-5-9-25-14/h3-9,11-13H,10H2,1-2H3,(H,21,23)(H,22,24). The van der Waals surface area contributed by atoms with Gasteiger partial charge in [-0.1, -0.05) is 12.1 Å². The molecule has 0 saturated carbocycles. The van der Waals surface area contributed by atoms with Gasteiger partial charge in [0.1, 0.15) is 23.0 Å². The van der Waals surface area contributed by atoms with Gasteiger partial charge in [-0.2, -0.15) is 0 Å². The van der Waals surface area contributed by atoms with E-state index in [-0.39, 0.29) is 17.7 Å². The largest absolute Gasteiger partial charge is 0.489 e. The molecule has 2 N–H and O–H groups in total. The van der Waals surface area contributed by atoms with Crippen LogP contribution in [-0.4, -0.2) is 22.0 Å². The summed E-state index contributed by atoms with van der Waals surface area (Å²) in [4.78, 5) is 20.5. The molecular weight excluding hydrogens is 332 g/mol. The molecule has 0 radical (unpaired) electrons. The fourth-order valence-corrected chi connectivity index (χ4v) is 2.25. The van der Waals surface area contributed by atoms with Gasteiger partial charge in [-0.25, -0.2) is 9.97 Å². The number of amides is 1. The average Bonchev–Trinajstić information content (AvgIpc) is 3.15. The minimum atomic E-state index is -0.316. The van der Waals surface area contributed by atoms with Crippen molar-refractivity contribution >= 4 is 17.4 Å². The summed E-state index contributed by atoms with van der Waals surface area (Å²) in [5.74, 6) is 1.60. The number of anilines is 2. The van der Waals surface area contributed by atoms with E-state index >= 15 is 0 Å². The number of furan rings is 1. The smallest absolute Gasteiger partial charge is 0.271 e. The third-order valence-electron chi connectivity index (χ3n) is 3.40. The van der Waals surface area contributed by atoms with Crippen molar-refractivity contribution in [3.05, 3.63) is 66.5 Å². The topological polar surface area (TPSA) is 89.3 Å². The van der Waals surface area contributed by atoms with Crippen molar-refractivity contribution in [3.63, 3.8) is 0 Å². The number of rotatable bonds is 7. The van der Waals surface area contributed by atoms with Crippen molar-refractivity contribution in [1.82, 2.24) is 15.3 Å². The highest BCUT2D eigenvalue weighted by Gasteiger charge is 2.10. The number of ether oxygens (including phenoxy) is 1. The summed E-state index contributed by atoms with van der Waals surface area (Å²) in [5, 5.41) is 5.88. The van der Waals surface area contributed by atoms with Crippen LogP contribution in [0, 0.1) is 0 Å². The van der Waals surface area contributed by atoms with E-state index in [9.17, 15) is 4.79 Å². The predicted octanol–water partition coefficient (Wildman–Crippen LogP) is 3.53. The number of nitrogens with zero attached hydrogens (tertiary/aromatic N) is 2. The number of nitrogens with one attached hydrogen (secondary N) is 2. The lowest BCUT2D eigenvalue weighted by atomic mass is 10.3. The van der Waals surface area contributed by atoms with Crippen molar-refractivity contribution in [2.24, 2.45) is 0 Å². The van der Waals surface area contributed by atoms with Gasteiger partial charge >= 0.3 is 0 Å². The van der Waals surface area contributed by atoms with Gasteiger partial charge in [0.2, 0.25) is 0 Å². The number of carbonyl (C=O) groups is 1. The molecule has 3 rings (SSSR count). The second kappa shape index (κ2) is 8.15. The lowest BCUT2D eigenvalue weighted by molar-refractivity contribution is 0.0942. The van der Waals surface area contributed by atoms with Gasteiger partial charge in [-0.15, -0.1) is 0 Å². The first kappa shape index (κ1) is 17.5. The SMILES string of the molecule is CC(C)Oc1ccccc1Nc1cnc(C(=O)NCc2ccco2)cn1. The number of carbonyl (C=O) groups excluding carboxylic acids is 1. The van der Waals surface area contributed by atoms with Crippen LogP contribution in [0.5, 0.6) is 5.75 Å². The fourth-order valence-electron chi connectivity index (χ4n) is 2.25. The molecule has 0 saturated heterocycles. The van der Waals surface area contributed by atoms with Gasteiger partial charge in [0.25, 0.3) is 5.91 Å². The Morgan fingerprint density at radius 2 is 2.00 bits per heavy atom. The number of para-hydroxylation sites is 2. The summed E-state index contributed by atoms with van der Waals surface area (Å²) in [5.41, 5.74) is 1.01. The quantitative estimate of drug-likeness (QED) is 0.676. The lowest BCUT2D eigenvalue weighted by Crippen LogP contribution is -2.23. The molecule has 0 atom stereocenters. The molecule has 1 amide bonds. The van der Waals surface area contributed by atoms with Crippen LogP contribution in [0.15, 0.2) is 59.5 Å². The molecule has 0 spiro atoms. The normalized spacial score (nSPS) is 10.6. The summed E-state index contributed by atoms with van der Waals surface area (Å²) in [7, 11) is 0. The molecule has 2 heterocycles. The fraction of sp³-hybridized carbons (Fsp3) is 0.211. The minimum Gasteiger partial charge on any atom is -0.489 e. The molecular formula is C19H20N4O3. The Morgan fingerprint density at radius 3 is 2.69 bits per heavy atom. The van der Waals surface area contributed by atoms with Crippen LogP contribution in [0.1, 0.15) is 30.1 Å². The van der Waals surface area contributed by atoms with E-state index in [2.05, 4.69) is 20.6 Å². The van der Waals surface area contributed by atoms with Crippen molar-refractivity contribution < 1.29 is 13.9 Å². The molecule has 0 aliphatic carbocycles. The summed E-state index contributed by atoms with van der Waals surface area (Å²) < 4.78 is 10.9. The van der Waals surface area contributed by atoms with Gasteiger partial charge in [0.05, 0.1) is 37.0 Å². The molecule has 0 bridgehead atoms. The molecule has 0 aliphatic heterocycles. The van der Waals surface area contributed by atoms with E-state index in [1.807, 2.05) is 38.1 Å². The lowest BCUT2D eigenvalue weighted by Gasteiger charge is -2.15. The first-order chi connectivity index (χ1) is 12.6. The van der Waals surface area contributed by atoms with Crippen molar-refractivity contribution in [2.75, 3.05) is 5.32 Å². The molecule has 0 unspecified atom stereocenters. The minimum absolute atomic E-state index is 0.0595. The Kier molecular flexibility index (Phi) is 5.48. The number of hydrogen-bond donors (Lipinski definition) is 2. The second-order valence-electron chi connectivity index (χ2n) is 5.84. The maximum atomic E-state index is 12.1. The summed E-state index contributed by atoms with van der Waals surface area (Å²) in [6, 6.07) is 11.1. The molecule has 3 aromatic rings. The monoisotopic (exact) mass is 352 g/mol. The zero-order valence-electron chi connectivity index (χ0n) is 14.6. The van der Waals surface area contributed by atoms with Crippen LogP contribution in [0.4, 0.5) is 11.5 Å². The summed E-state index contributed by atoms with van der Waals surface area (Å²) >= 11 is 0. The maximum Gasteiger partial charge on any atom is 0.271 e. The van der Waals surface area contributed by atoms with Crippen LogP contribution in [0.25, 0.3) is 0 Å². The van der Waals surface area contributed by atoms with E-state index in [4.69, 9.17) is 9.15 Å². The number of hydrogen-bond acceptors (Lipinski definition) is 6. The zero-order valence-corrected chi connectivity index (χ0v) is 14.6. The molecule has 26 heavy (non-hydrogen) atoms. The van der Waals surface area contributed by atoms with E-state index in [0.29, 0.717) is 18.1 Å². The van der Waals surface area contributed by atoms with E-state index in [1.54, 1.807) is 18.4 Å². The number of aromatic nitrogens is 2. The Labute approximate surface area is 151 Å². The number of benzene rings is 1. The van der Waals surface area contributed by atoms with Crippen molar-refractivity contribution in [1.29, 1.82) is 0 Å². The Hall–Kier alpha value is -3.35. The van der Waals surface area contributed by atoms with Crippen LogP contribution in [0.3, 0.4) is 0 Å². The molecule has 7 heteroatoms. The van der Waals surface area contributed by atoms with Crippen LogP contribution in [0.2, 0.25) is 0 Å². The van der Waals surface area contributed by atoms with E-state index in [0.717, 1.165) is 11.4 Å². The Balaban J connectivity index is 1.63. The molecule has 1 aromatic carbocycles. The molecule has 0 aliphatic rings. The first-order valence-corrected chi connectivity index (χ1v) is 8.27. The van der Waals surface area contributed by atoms with Crippen LogP contribution >= 0.6 is 0 Å². The van der Waals surface area contributed by atoms with Crippen LogP contribution < -0.4 is 15.4 Å².